The molecule has 19 heavy (non-hydrogen) atoms. The highest BCUT2D eigenvalue weighted by atomic mass is 16.5. The van der Waals surface area contributed by atoms with Gasteiger partial charge >= 0.3 is 0 Å². The van der Waals surface area contributed by atoms with Crippen molar-refractivity contribution < 1.29 is 9.26 Å². The van der Waals surface area contributed by atoms with Gasteiger partial charge in [-0.1, -0.05) is 18.0 Å². The van der Waals surface area contributed by atoms with Crippen LogP contribution in [0.5, 0.6) is 0 Å². The van der Waals surface area contributed by atoms with Crippen molar-refractivity contribution in [2.75, 3.05) is 19.8 Å². The lowest BCUT2D eigenvalue weighted by atomic mass is 9.97. The molecule has 1 atom stereocenters. The summed E-state index contributed by atoms with van der Waals surface area (Å²) < 4.78 is 10.8. The number of nitrogens with one attached hydrogen (secondary N) is 1. The second-order valence-corrected chi connectivity index (χ2v) is 5.66. The van der Waals surface area contributed by atoms with Gasteiger partial charge in [0.1, 0.15) is 0 Å². The van der Waals surface area contributed by atoms with Crippen LogP contribution >= 0.6 is 0 Å². The van der Waals surface area contributed by atoms with Crippen molar-refractivity contribution in [1.29, 1.82) is 0 Å². The topological polar surface area (TPSA) is 60.2 Å². The van der Waals surface area contributed by atoms with E-state index in [-0.39, 0.29) is 6.04 Å². The lowest BCUT2D eigenvalue weighted by Gasteiger charge is -2.20. The Kier molecular flexibility index (Phi) is 4.45. The molecule has 0 saturated carbocycles. The average Bonchev–Trinajstić information content (AvgIpc) is 2.74. The molecule has 1 N–H and O–H groups in total. The molecule has 0 amide bonds. The SMILES string of the molecule is C1CCN[C@@H](c2noc(CC3CCOCC3)n2)CC1. The normalized spacial score (nSPS) is 26.2. The molecule has 2 aliphatic heterocycles. The van der Waals surface area contributed by atoms with Crippen LogP contribution in [0.25, 0.3) is 0 Å². The van der Waals surface area contributed by atoms with Crippen molar-refractivity contribution in [3.05, 3.63) is 11.7 Å². The van der Waals surface area contributed by atoms with Crippen LogP contribution in [0.3, 0.4) is 0 Å². The molecule has 1 aromatic heterocycles. The first-order valence-corrected chi connectivity index (χ1v) is 7.55. The van der Waals surface area contributed by atoms with Crippen molar-refractivity contribution in [2.24, 2.45) is 5.92 Å². The summed E-state index contributed by atoms with van der Waals surface area (Å²) in [5.41, 5.74) is 0. The Labute approximate surface area is 114 Å². The summed E-state index contributed by atoms with van der Waals surface area (Å²) >= 11 is 0. The maximum Gasteiger partial charge on any atom is 0.226 e. The fourth-order valence-electron chi connectivity index (χ4n) is 2.94. The van der Waals surface area contributed by atoms with E-state index in [0.29, 0.717) is 5.92 Å². The highest BCUT2D eigenvalue weighted by molar-refractivity contribution is 4.96. The number of ether oxygens (including phenoxy) is 1. The van der Waals surface area contributed by atoms with Crippen molar-refractivity contribution in [2.45, 2.75) is 51.0 Å². The Hall–Kier alpha value is -0.940. The van der Waals surface area contributed by atoms with E-state index in [4.69, 9.17) is 9.26 Å². The summed E-state index contributed by atoms with van der Waals surface area (Å²) in [5, 5.41) is 7.68. The fourth-order valence-corrected chi connectivity index (χ4v) is 2.94. The summed E-state index contributed by atoms with van der Waals surface area (Å²) in [6.07, 6.45) is 8.05. The largest absolute Gasteiger partial charge is 0.381 e. The summed E-state index contributed by atoms with van der Waals surface area (Å²) in [6, 6.07) is 0.287. The number of nitrogens with zero attached hydrogens (tertiary/aromatic N) is 2. The van der Waals surface area contributed by atoms with Gasteiger partial charge in [-0.2, -0.15) is 4.98 Å². The lowest BCUT2D eigenvalue weighted by molar-refractivity contribution is 0.0642. The molecule has 0 bridgehead atoms. The van der Waals surface area contributed by atoms with Gasteiger partial charge in [0.25, 0.3) is 0 Å². The standard InChI is InChI=1S/C14H23N3O2/c1-2-4-12(15-7-3-1)14-16-13(19-17-14)10-11-5-8-18-9-6-11/h11-12,15H,1-10H2/t12-/m1/s1. The van der Waals surface area contributed by atoms with Crippen LogP contribution in [0.15, 0.2) is 4.52 Å². The van der Waals surface area contributed by atoms with E-state index in [1.54, 1.807) is 0 Å². The van der Waals surface area contributed by atoms with Crippen LogP contribution in [0.2, 0.25) is 0 Å². The molecular weight excluding hydrogens is 242 g/mol. The van der Waals surface area contributed by atoms with Crippen LogP contribution < -0.4 is 5.32 Å². The molecular formula is C14H23N3O2. The Bertz CT molecular complexity index is 380. The third kappa shape index (κ3) is 3.54. The Morgan fingerprint density at radius 1 is 1.11 bits per heavy atom. The van der Waals surface area contributed by atoms with Crippen molar-refractivity contribution in [3.63, 3.8) is 0 Å². The molecule has 3 heterocycles. The molecule has 3 rings (SSSR count). The molecule has 1 aromatic rings. The first-order valence-electron chi connectivity index (χ1n) is 7.55. The second kappa shape index (κ2) is 6.48. The third-order valence-electron chi connectivity index (χ3n) is 4.16. The van der Waals surface area contributed by atoms with Crippen molar-refractivity contribution in [1.82, 2.24) is 15.5 Å². The molecule has 0 unspecified atom stereocenters. The summed E-state index contributed by atoms with van der Waals surface area (Å²) in [7, 11) is 0. The molecule has 106 valence electrons. The number of hydrogen-bond donors (Lipinski definition) is 1. The van der Waals surface area contributed by atoms with E-state index in [1.807, 2.05) is 0 Å². The van der Waals surface area contributed by atoms with Gasteiger partial charge in [-0.15, -0.1) is 0 Å². The van der Waals surface area contributed by atoms with Gasteiger partial charge in [-0.25, -0.2) is 0 Å². The van der Waals surface area contributed by atoms with Gasteiger partial charge in [0, 0.05) is 19.6 Å². The van der Waals surface area contributed by atoms with Crippen LogP contribution in [0, 0.1) is 5.92 Å². The zero-order valence-corrected chi connectivity index (χ0v) is 11.4. The van der Waals surface area contributed by atoms with Crippen molar-refractivity contribution >= 4 is 0 Å². The van der Waals surface area contributed by atoms with Gasteiger partial charge in [-0.3, -0.25) is 0 Å². The minimum absolute atomic E-state index is 0.287. The zero-order chi connectivity index (χ0) is 12.9. The number of aromatic nitrogens is 2. The summed E-state index contributed by atoms with van der Waals surface area (Å²) in [4.78, 5) is 4.59. The lowest BCUT2D eigenvalue weighted by Crippen LogP contribution is -2.21. The maximum atomic E-state index is 5.42. The van der Waals surface area contributed by atoms with Gasteiger partial charge in [0.05, 0.1) is 6.04 Å². The summed E-state index contributed by atoms with van der Waals surface area (Å²) in [6.45, 7) is 2.81. The highest BCUT2D eigenvalue weighted by Gasteiger charge is 2.22. The van der Waals surface area contributed by atoms with E-state index in [2.05, 4.69) is 15.5 Å². The Balaban J connectivity index is 1.58. The molecule has 2 fully saturated rings. The smallest absolute Gasteiger partial charge is 0.226 e. The fraction of sp³-hybridized carbons (Fsp3) is 0.857. The highest BCUT2D eigenvalue weighted by Crippen LogP contribution is 2.23. The van der Waals surface area contributed by atoms with Crippen molar-refractivity contribution in [3.8, 4) is 0 Å². The Morgan fingerprint density at radius 3 is 2.89 bits per heavy atom. The van der Waals surface area contributed by atoms with Crippen LogP contribution in [0.1, 0.15) is 56.3 Å². The third-order valence-corrected chi connectivity index (χ3v) is 4.16. The number of hydrogen-bond acceptors (Lipinski definition) is 5. The molecule has 0 radical (unpaired) electrons. The second-order valence-electron chi connectivity index (χ2n) is 5.66. The van der Waals surface area contributed by atoms with E-state index in [0.717, 1.165) is 57.2 Å². The average molecular weight is 265 g/mol. The molecule has 0 aromatic carbocycles. The molecule has 0 aliphatic carbocycles. The van der Waals surface area contributed by atoms with Gasteiger partial charge < -0.3 is 14.6 Å². The van der Waals surface area contributed by atoms with Gasteiger partial charge in [-0.05, 0) is 38.1 Å². The van der Waals surface area contributed by atoms with Crippen LogP contribution in [-0.4, -0.2) is 29.9 Å². The van der Waals surface area contributed by atoms with E-state index >= 15 is 0 Å². The molecule has 5 nitrogen and oxygen atoms in total. The number of rotatable bonds is 3. The van der Waals surface area contributed by atoms with Crippen LogP contribution in [0.4, 0.5) is 0 Å². The van der Waals surface area contributed by atoms with Gasteiger partial charge in [0.15, 0.2) is 5.82 Å². The quantitative estimate of drug-likeness (QED) is 0.908. The monoisotopic (exact) mass is 265 g/mol. The molecule has 2 aliphatic rings. The zero-order valence-electron chi connectivity index (χ0n) is 11.4. The summed E-state index contributed by atoms with van der Waals surface area (Å²) in [5.74, 6) is 2.29. The Morgan fingerprint density at radius 2 is 2.00 bits per heavy atom. The first-order chi connectivity index (χ1) is 9.42. The maximum absolute atomic E-state index is 5.42. The van der Waals surface area contributed by atoms with E-state index in [1.165, 1.54) is 19.3 Å². The molecule has 0 spiro atoms. The van der Waals surface area contributed by atoms with Crippen LogP contribution in [-0.2, 0) is 11.2 Å². The predicted molar refractivity (Wildman–Crippen MR) is 70.8 cm³/mol. The van der Waals surface area contributed by atoms with Gasteiger partial charge in [0.2, 0.25) is 5.89 Å². The van der Waals surface area contributed by atoms with E-state index in [9.17, 15) is 0 Å². The first kappa shape index (κ1) is 13.1. The molecule has 5 heteroatoms. The minimum Gasteiger partial charge on any atom is -0.381 e. The minimum atomic E-state index is 0.287. The van der Waals surface area contributed by atoms with E-state index < -0.39 is 0 Å². The molecule has 2 saturated heterocycles. The predicted octanol–water partition coefficient (Wildman–Crippen LogP) is 2.24.